The lowest BCUT2D eigenvalue weighted by atomic mass is 9.98. The minimum atomic E-state index is -0.860. The Hall–Kier alpha value is -1.68. The summed E-state index contributed by atoms with van der Waals surface area (Å²) >= 11 is 0. The molecule has 1 saturated carbocycles. The van der Waals surface area contributed by atoms with Crippen molar-refractivity contribution < 1.29 is 14.7 Å². The van der Waals surface area contributed by atoms with Crippen LogP contribution in [-0.4, -0.2) is 28.9 Å². The van der Waals surface area contributed by atoms with E-state index >= 15 is 0 Å². The standard InChI is InChI=1S/C16H21NO3/c1-2-11-3-5-12(6-4-11)16(20)14(9-10-15(18)19)17-13-7-8-13/h3-6,13-14,17H,2,7-10H2,1H3,(H,18,19). The average molecular weight is 275 g/mol. The largest absolute Gasteiger partial charge is 0.481 e. The van der Waals surface area contributed by atoms with Crippen LogP contribution in [0.4, 0.5) is 0 Å². The molecule has 1 aromatic rings. The molecule has 1 aromatic carbocycles. The van der Waals surface area contributed by atoms with Gasteiger partial charge < -0.3 is 10.4 Å². The van der Waals surface area contributed by atoms with E-state index in [9.17, 15) is 9.59 Å². The molecule has 0 bridgehead atoms. The molecule has 1 unspecified atom stereocenters. The summed E-state index contributed by atoms with van der Waals surface area (Å²) in [4.78, 5) is 23.2. The van der Waals surface area contributed by atoms with Crippen LogP contribution in [0.1, 0.15) is 48.5 Å². The molecule has 0 aromatic heterocycles. The number of carbonyl (C=O) groups is 2. The highest BCUT2D eigenvalue weighted by molar-refractivity contribution is 6.00. The molecule has 108 valence electrons. The van der Waals surface area contributed by atoms with Gasteiger partial charge in [-0.1, -0.05) is 31.2 Å². The first kappa shape index (κ1) is 14.7. The average Bonchev–Trinajstić information content (AvgIpc) is 3.26. The van der Waals surface area contributed by atoms with Crippen LogP contribution < -0.4 is 5.32 Å². The smallest absolute Gasteiger partial charge is 0.303 e. The third-order valence-electron chi connectivity index (χ3n) is 3.62. The van der Waals surface area contributed by atoms with Gasteiger partial charge in [-0.3, -0.25) is 9.59 Å². The van der Waals surface area contributed by atoms with Crippen molar-refractivity contribution in [3.63, 3.8) is 0 Å². The highest BCUT2D eigenvalue weighted by Gasteiger charge is 2.29. The normalized spacial score (nSPS) is 15.8. The number of carboxylic acid groups (broad SMARTS) is 1. The number of Topliss-reactive ketones (excluding diaryl/α,β-unsaturated/α-hetero) is 1. The monoisotopic (exact) mass is 275 g/mol. The van der Waals surface area contributed by atoms with Gasteiger partial charge in [0.05, 0.1) is 6.04 Å². The summed E-state index contributed by atoms with van der Waals surface area (Å²) < 4.78 is 0. The Morgan fingerprint density at radius 1 is 1.30 bits per heavy atom. The molecular formula is C16H21NO3. The summed E-state index contributed by atoms with van der Waals surface area (Å²) in [6.45, 7) is 2.07. The summed E-state index contributed by atoms with van der Waals surface area (Å²) in [5.74, 6) is -0.859. The van der Waals surface area contributed by atoms with Crippen molar-refractivity contribution in [2.45, 2.75) is 51.1 Å². The van der Waals surface area contributed by atoms with Gasteiger partial charge in [-0.15, -0.1) is 0 Å². The molecule has 0 radical (unpaired) electrons. The Kier molecular flexibility index (Phi) is 4.90. The van der Waals surface area contributed by atoms with Crippen molar-refractivity contribution in [2.75, 3.05) is 0 Å². The Morgan fingerprint density at radius 3 is 2.45 bits per heavy atom. The lowest BCUT2D eigenvalue weighted by Gasteiger charge is -2.16. The summed E-state index contributed by atoms with van der Waals surface area (Å²) in [6, 6.07) is 7.59. The third kappa shape index (κ3) is 4.17. The topological polar surface area (TPSA) is 66.4 Å². The maximum atomic E-state index is 12.5. The molecule has 0 amide bonds. The number of nitrogens with one attached hydrogen (secondary N) is 1. The van der Waals surface area contributed by atoms with Crippen molar-refractivity contribution in [1.29, 1.82) is 0 Å². The van der Waals surface area contributed by atoms with Crippen LogP contribution in [0.2, 0.25) is 0 Å². The molecule has 1 atom stereocenters. The van der Waals surface area contributed by atoms with E-state index < -0.39 is 5.97 Å². The van der Waals surface area contributed by atoms with Crippen LogP contribution in [0.3, 0.4) is 0 Å². The van der Waals surface area contributed by atoms with Crippen LogP contribution in [0.15, 0.2) is 24.3 Å². The maximum Gasteiger partial charge on any atom is 0.303 e. The van der Waals surface area contributed by atoms with E-state index in [4.69, 9.17) is 5.11 Å². The molecule has 1 aliphatic rings. The zero-order valence-electron chi connectivity index (χ0n) is 11.8. The summed E-state index contributed by atoms with van der Waals surface area (Å²) in [7, 11) is 0. The van der Waals surface area contributed by atoms with Crippen molar-refractivity contribution in [2.24, 2.45) is 0 Å². The minimum absolute atomic E-state index is 0.000744. The van der Waals surface area contributed by atoms with Gasteiger partial charge in [0.1, 0.15) is 0 Å². The molecule has 0 saturated heterocycles. The Morgan fingerprint density at radius 2 is 1.95 bits per heavy atom. The number of hydrogen-bond donors (Lipinski definition) is 2. The molecule has 2 N–H and O–H groups in total. The second-order valence-corrected chi connectivity index (χ2v) is 5.34. The van der Waals surface area contributed by atoms with Gasteiger partial charge in [-0.2, -0.15) is 0 Å². The van der Waals surface area contributed by atoms with E-state index in [1.165, 1.54) is 5.56 Å². The number of ketones is 1. The van der Waals surface area contributed by atoms with Crippen molar-refractivity contribution in [1.82, 2.24) is 5.32 Å². The first-order valence-corrected chi connectivity index (χ1v) is 7.21. The number of hydrogen-bond acceptors (Lipinski definition) is 3. The summed E-state index contributed by atoms with van der Waals surface area (Å²) in [6.07, 6.45) is 3.46. The Balaban J connectivity index is 2.04. The predicted molar refractivity (Wildman–Crippen MR) is 77.0 cm³/mol. The van der Waals surface area contributed by atoms with E-state index in [-0.39, 0.29) is 18.2 Å². The van der Waals surface area contributed by atoms with Crippen LogP contribution in [-0.2, 0) is 11.2 Å². The van der Waals surface area contributed by atoms with Gasteiger partial charge in [0, 0.05) is 18.0 Å². The number of aryl methyl sites for hydroxylation is 1. The number of carbonyl (C=O) groups excluding carboxylic acids is 1. The van der Waals surface area contributed by atoms with Gasteiger partial charge in [-0.25, -0.2) is 0 Å². The van der Waals surface area contributed by atoms with Gasteiger partial charge >= 0.3 is 5.97 Å². The second kappa shape index (κ2) is 6.66. The second-order valence-electron chi connectivity index (χ2n) is 5.34. The Labute approximate surface area is 119 Å². The SMILES string of the molecule is CCc1ccc(C(=O)C(CCC(=O)O)NC2CC2)cc1. The molecule has 0 spiro atoms. The molecule has 1 fully saturated rings. The highest BCUT2D eigenvalue weighted by Crippen LogP contribution is 2.21. The van der Waals surface area contributed by atoms with Gasteiger partial charge in [0.25, 0.3) is 0 Å². The first-order valence-electron chi connectivity index (χ1n) is 7.21. The van der Waals surface area contributed by atoms with Crippen molar-refractivity contribution in [3.05, 3.63) is 35.4 Å². The summed E-state index contributed by atoms with van der Waals surface area (Å²) in [5.41, 5.74) is 1.85. The first-order chi connectivity index (χ1) is 9.60. The number of carboxylic acids is 1. The van der Waals surface area contributed by atoms with Crippen molar-refractivity contribution in [3.8, 4) is 0 Å². The van der Waals surface area contributed by atoms with E-state index in [1.54, 1.807) is 0 Å². The third-order valence-corrected chi connectivity index (χ3v) is 3.62. The zero-order chi connectivity index (χ0) is 14.5. The van der Waals surface area contributed by atoms with Crippen LogP contribution >= 0.6 is 0 Å². The van der Waals surface area contributed by atoms with E-state index in [0.717, 1.165) is 19.3 Å². The van der Waals surface area contributed by atoms with Gasteiger partial charge in [0.15, 0.2) is 5.78 Å². The van der Waals surface area contributed by atoms with E-state index in [0.29, 0.717) is 18.0 Å². The van der Waals surface area contributed by atoms with E-state index in [1.807, 2.05) is 24.3 Å². The van der Waals surface area contributed by atoms with Gasteiger partial charge in [-0.05, 0) is 31.2 Å². The molecule has 4 nitrogen and oxygen atoms in total. The number of benzene rings is 1. The zero-order valence-corrected chi connectivity index (χ0v) is 11.8. The fraction of sp³-hybridized carbons (Fsp3) is 0.500. The fourth-order valence-corrected chi connectivity index (χ4v) is 2.20. The Bertz CT molecular complexity index is 477. The predicted octanol–water partition coefficient (Wildman–Crippen LogP) is 2.42. The molecule has 0 heterocycles. The highest BCUT2D eigenvalue weighted by atomic mass is 16.4. The van der Waals surface area contributed by atoms with E-state index in [2.05, 4.69) is 12.2 Å². The van der Waals surface area contributed by atoms with Crippen LogP contribution in [0, 0.1) is 0 Å². The molecular weight excluding hydrogens is 254 g/mol. The van der Waals surface area contributed by atoms with Crippen molar-refractivity contribution >= 4 is 11.8 Å². The number of aliphatic carboxylic acids is 1. The molecule has 4 heteroatoms. The lowest BCUT2D eigenvalue weighted by Crippen LogP contribution is -2.38. The van der Waals surface area contributed by atoms with Gasteiger partial charge in [0.2, 0.25) is 0 Å². The summed E-state index contributed by atoms with van der Waals surface area (Å²) in [5, 5.41) is 12.1. The number of rotatable bonds is 8. The quantitative estimate of drug-likeness (QED) is 0.715. The van der Waals surface area contributed by atoms with Crippen LogP contribution in [0.25, 0.3) is 0 Å². The maximum absolute atomic E-state index is 12.5. The lowest BCUT2D eigenvalue weighted by molar-refractivity contribution is -0.137. The minimum Gasteiger partial charge on any atom is -0.481 e. The van der Waals surface area contributed by atoms with Crippen LogP contribution in [0.5, 0.6) is 0 Å². The fourth-order valence-electron chi connectivity index (χ4n) is 2.20. The molecule has 1 aliphatic carbocycles. The molecule has 20 heavy (non-hydrogen) atoms. The molecule has 2 rings (SSSR count). The molecule has 0 aliphatic heterocycles.